The van der Waals surface area contributed by atoms with E-state index in [-0.39, 0.29) is 0 Å². The average Bonchev–Trinajstić information content (AvgIpc) is 1.64. The van der Waals surface area contributed by atoms with Crippen molar-refractivity contribution in [1.29, 1.82) is 0 Å². The van der Waals surface area contributed by atoms with Gasteiger partial charge in [-0.15, -0.1) is 0 Å². The molecule has 1 heteroatoms. The standard InChI is InChI=1S/C7H11Br/c1-6-3-2-4-7(8)5-6/h2,4,6-7H,3,5H2,1H3/t6-,7+/m0/s1. The number of allylic oxidation sites excluding steroid dienone is 2. The van der Waals surface area contributed by atoms with Crippen molar-refractivity contribution in [3.63, 3.8) is 0 Å². The number of rotatable bonds is 0. The first-order valence-corrected chi connectivity index (χ1v) is 4.01. The fourth-order valence-electron chi connectivity index (χ4n) is 1.02. The van der Waals surface area contributed by atoms with Crippen molar-refractivity contribution in [2.45, 2.75) is 24.6 Å². The van der Waals surface area contributed by atoms with E-state index in [4.69, 9.17) is 0 Å². The Morgan fingerprint density at radius 2 is 2.38 bits per heavy atom. The minimum atomic E-state index is 0.645. The van der Waals surface area contributed by atoms with Crippen molar-refractivity contribution in [3.8, 4) is 0 Å². The Morgan fingerprint density at radius 1 is 1.62 bits per heavy atom. The smallest absolute Gasteiger partial charge is 0.0328 e. The molecule has 2 atom stereocenters. The van der Waals surface area contributed by atoms with Crippen molar-refractivity contribution >= 4 is 15.9 Å². The van der Waals surface area contributed by atoms with Gasteiger partial charge in [-0.2, -0.15) is 0 Å². The van der Waals surface area contributed by atoms with Gasteiger partial charge in [0, 0.05) is 4.83 Å². The SMILES string of the molecule is C[C@H]1CC=C[C@@H](Br)C1. The van der Waals surface area contributed by atoms with Crippen LogP contribution in [0, 0.1) is 5.92 Å². The van der Waals surface area contributed by atoms with E-state index >= 15 is 0 Å². The zero-order chi connectivity index (χ0) is 5.98. The molecule has 0 radical (unpaired) electrons. The lowest BCUT2D eigenvalue weighted by Gasteiger charge is -2.15. The monoisotopic (exact) mass is 174 g/mol. The molecule has 0 nitrogen and oxygen atoms in total. The highest BCUT2D eigenvalue weighted by molar-refractivity contribution is 9.09. The van der Waals surface area contributed by atoms with E-state index < -0.39 is 0 Å². The first-order chi connectivity index (χ1) is 3.79. The van der Waals surface area contributed by atoms with Crippen LogP contribution in [0.2, 0.25) is 0 Å². The Balaban J connectivity index is 2.42. The fraction of sp³-hybridized carbons (Fsp3) is 0.714. The Hall–Kier alpha value is 0.220. The Kier molecular flexibility index (Phi) is 2.12. The van der Waals surface area contributed by atoms with Crippen molar-refractivity contribution in [2.75, 3.05) is 0 Å². The van der Waals surface area contributed by atoms with E-state index in [9.17, 15) is 0 Å². The molecule has 1 rings (SSSR count). The van der Waals surface area contributed by atoms with Crippen LogP contribution in [0.5, 0.6) is 0 Å². The highest BCUT2D eigenvalue weighted by Gasteiger charge is 2.09. The Morgan fingerprint density at radius 3 is 2.75 bits per heavy atom. The molecule has 0 heterocycles. The number of hydrogen-bond donors (Lipinski definition) is 0. The fourth-order valence-corrected chi connectivity index (χ4v) is 1.87. The third-order valence-corrected chi connectivity index (χ3v) is 2.19. The van der Waals surface area contributed by atoms with Crippen LogP contribution in [0.15, 0.2) is 12.2 Å². The molecular weight excluding hydrogens is 164 g/mol. The summed E-state index contributed by atoms with van der Waals surface area (Å²) in [6.07, 6.45) is 7.06. The second kappa shape index (κ2) is 2.67. The largest absolute Gasteiger partial charge is 0.0872 e. The van der Waals surface area contributed by atoms with Gasteiger partial charge in [0.25, 0.3) is 0 Å². The van der Waals surface area contributed by atoms with E-state index in [2.05, 4.69) is 35.0 Å². The molecule has 8 heavy (non-hydrogen) atoms. The van der Waals surface area contributed by atoms with E-state index in [1.54, 1.807) is 0 Å². The maximum Gasteiger partial charge on any atom is 0.0328 e. The summed E-state index contributed by atoms with van der Waals surface area (Å²) in [6.45, 7) is 2.29. The summed E-state index contributed by atoms with van der Waals surface area (Å²) < 4.78 is 0. The summed E-state index contributed by atoms with van der Waals surface area (Å²) >= 11 is 3.54. The van der Waals surface area contributed by atoms with Crippen LogP contribution in [0.1, 0.15) is 19.8 Å². The van der Waals surface area contributed by atoms with Crippen LogP contribution >= 0.6 is 15.9 Å². The predicted molar refractivity (Wildman–Crippen MR) is 40.3 cm³/mol. The number of halogens is 1. The zero-order valence-electron chi connectivity index (χ0n) is 5.10. The van der Waals surface area contributed by atoms with Gasteiger partial charge >= 0.3 is 0 Å². The molecule has 0 saturated heterocycles. The van der Waals surface area contributed by atoms with Crippen LogP contribution in [0.25, 0.3) is 0 Å². The average molecular weight is 175 g/mol. The molecule has 0 bridgehead atoms. The van der Waals surface area contributed by atoms with E-state index in [1.807, 2.05) is 0 Å². The van der Waals surface area contributed by atoms with Crippen LogP contribution in [-0.4, -0.2) is 4.83 Å². The molecule has 1 aliphatic rings. The summed E-state index contributed by atoms with van der Waals surface area (Å²) in [7, 11) is 0. The maximum absolute atomic E-state index is 3.54. The molecule has 0 unspecified atom stereocenters. The number of hydrogen-bond acceptors (Lipinski definition) is 0. The van der Waals surface area contributed by atoms with Gasteiger partial charge in [-0.3, -0.25) is 0 Å². The third kappa shape index (κ3) is 1.62. The molecule has 0 amide bonds. The topological polar surface area (TPSA) is 0 Å². The zero-order valence-corrected chi connectivity index (χ0v) is 6.69. The Bertz CT molecular complexity index is 96.6. The molecule has 0 aliphatic heterocycles. The van der Waals surface area contributed by atoms with Gasteiger partial charge < -0.3 is 0 Å². The summed E-state index contributed by atoms with van der Waals surface area (Å²) in [5.74, 6) is 0.879. The molecule has 0 saturated carbocycles. The maximum atomic E-state index is 3.54. The second-order valence-corrected chi connectivity index (χ2v) is 3.70. The quantitative estimate of drug-likeness (QED) is 0.392. The van der Waals surface area contributed by atoms with Gasteiger partial charge in [-0.05, 0) is 18.8 Å². The summed E-state index contributed by atoms with van der Waals surface area (Å²) in [4.78, 5) is 0.645. The first-order valence-electron chi connectivity index (χ1n) is 3.10. The van der Waals surface area contributed by atoms with Crippen LogP contribution in [0.3, 0.4) is 0 Å². The van der Waals surface area contributed by atoms with Gasteiger partial charge in [0.2, 0.25) is 0 Å². The van der Waals surface area contributed by atoms with Crippen molar-refractivity contribution in [2.24, 2.45) is 5.92 Å². The lowest BCUT2D eigenvalue weighted by Crippen LogP contribution is -2.06. The highest BCUT2D eigenvalue weighted by Crippen LogP contribution is 2.22. The molecular formula is C7H11Br. The van der Waals surface area contributed by atoms with Gasteiger partial charge in [0.1, 0.15) is 0 Å². The third-order valence-electron chi connectivity index (χ3n) is 1.51. The minimum Gasteiger partial charge on any atom is -0.0872 e. The van der Waals surface area contributed by atoms with Crippen molar-refractivity contribution < 1.29 is 0 Å². The molecule has 0 aromatic rings. The molecule has 0 N–H and O–H groups in total. The second-order valence-electron chi connectivity index (χ2n) is 2.52. The molecule has 0 aromatic heterocycles. The minimum absolute atomic E-state index is 0.645. The van der Waals surface area contributed by atoms with Gasteiger partial charge in [0.05, 0.1) is 0 Å². The lowest BCUT2D eigenvalue weighted by molar-refractivity contribution is 0.537. The van der Waals surface area contributed by atoms with Crippen LogP contribution < -0.4 is 0 Å². The first kappa shape index (κ1) is 6.34. The van der Waals surface area contributed by atoms with Crippen molar-refractivity contribution in [1.82, 2.24) is 0 Å². The molecule has 46 valence electrons. The molecule has 0 aromatic carbocycles. The van der Waals surface area contributed by atoms with Gasteiger partial charge in [-0.25, -0.2) is 0 Å². The summed E-state index contributed by atoms with van der Waals surface area (Å²) in [6, 6.07) is 0. The summed E-state index contributed by atoms with van der Waals surface area (Å²) in [5.41, 5.74) is 0. The van der Waals surface area contributed by atoms with E-state index in [0.29, 0.717) is 4.83 Å². The predicted octanol–water partition coefficient (Wildman–Crippen LogP) is 2.74. The summed E-state index contributed by atoms with van der Waals surface area (Å²) in [5, 5.41) is 0. The molecule has 1 aliphatic carbocycles. The lowest BCUT2D eigenvalue weighted by atomic mass is 9.97. The Labute approximate surface area is 59.1 Å². The number of alkyl halides is 1. The van der Waals surface area contributed by atoms with E-state index in [1.165, 1.54) is 12.8 Å². The van der Waals surface area contributed by atoms with Crippen LogP contribution in [-0.2, 0) is 0 Å². The van der Waals surface area contributed by atoms with Crippen molar-refractivity contribution in [3.05, 3.63) is 12.2 Å². The van der Waals surface area contributed by atoms with E-state index in [0.717, 1.165) is 5.92 Å². The van der Waals surface area contributed by atoms with Gasteiger partial charge in [0.15, 0.2) is 0 Å². The highest BCUT2D eigenvalue weighted by atomic mass is 79.9. The molecule has 0 spiro atoms. The normalized spacial score (nSPS) is 37.8. The molecule has 0 fully saturated rings. The van der Waals surface area contributed by atoms with Gasteiger partial charge in [-0.1, -0.05) is 35.0 Å². The van der Waals surface area contributed by atoms with Crippen LogP contribution in [0.4, 0.5) is 0 Å².